The number of nitrogens with zero attached hydrogens (tertiary/aromatic N) is 1. The summed E-state index contributed by atoms with van der Waals surface area (Å²) in [5.41, 5.74) is 1.28. The first-order chi connectivity index (χ1) is 31.2. The van der Waals surface area contributed by atoms with Crippen LogP contribution in [0, 0.1) is 11.8 Å². The second-order valence-corrected chi connectivity index (χ2v) is 21.6. The summed E-state index contributed by atoms with van der Waals surface area (Å²) in [4.78, 5) is 54.8. The van der Waals surface area contributed by atoms with Gasteiger partial charge in [0.2, 0.25) is 11.7 Å². The predicted molar refractivity (Wildman–Crippen MR) is 255 cm³/mol. The molecule has 0 aromatic heterocycles. The Kier molecular flexibility index (Phi) is 14.4. The van der Waals surface area contributed by atoms with Crippen molar-refractivity contribution < 1.29 is 44.7 Å². The number of unbranched alkanes of at least 4 members (excludes halogenated alkanes) is 8. The highest BCUT2D eigenvalue weighted by Gasteiger charge is 2.68. The van der Waals surface area contributed by atoms with Gasteiger partial charge < -0.3 is 36.6 Å². The molecule has 12 nitrogen and oxygen atoms in total. The van der Waals surface area contributed by atoms with Crippen LogP contribution in [0.5, 0.6) is 5.75 Å². The van der Waals surface area contributed by atoms with E-state index in [4.69, 9.17) is 5.73 Å². The van der Waals surface area contributed by atoms with Gasteiger partial charge in [-0.3, -0.25) is 24.1 Å². The van der Waals surface area contributed by atoms with Crippen molar-refractivity contribution in [2.45, 2.75) is 94.8 Å². The molecular formula is C52H61N3O9P+. The van der Waals surface area contributed by atoms with Gasteiger partial charge in [0.1, 0.15) is 46.0 Å². The Bertz CT molecular complexity index is 2380. The Hall–Kier alpha value is -5.65. The van der Waals surface area contributed by atoms with Crippen molar-refractivity contribution in [3.8, 4) is 5.75 Å². The van der Waals surface area contributed by atoms with E-state index in [1.807, 2.05) is 0 Å². The molecule has 6 atom stereocenters. The Morgan fingerprint density at radius 1 is 0.738 bits per heavy atom. The van der Waals surface area contributed by atoms with E-state index in [9.17, 15) is 44.7 Å². The lowest BCUT2D eigenvalue weighted by Gasteiger charge is -2.53. The average Bonchev–Trinajstić information content (AvgIpc) is 3.29. The number of nitrogens with two attached hydrogens (primary N) is 1. The number of hydrogen-bond acceptors (Lipinski definition) is 10. The maximum absolute atomic E-state index is 14.3. The topological polar surface area (TPSA) is 211 Å². The number of benzene rings is 4. The van der Waals surface area contributed by atoms with Crippen LogP contribution in [0.3, 0.4) is 0 Å². The maximum Gasteiger partial charge on any atom is 0.255 e. The van der Waals surface area contributed by atoms with Gasteiger partial charge in [-0.2, -0.15) is 0 Å². The monoisotopic (exact) mass is 902 g/mol. The van der Waals surface area contributed by atoms with Crippen LogP contribution in [0.1, 0.15) is 88.2 Å². The van der Waals surface area contributed by atoms with Crippen LogP contribution in [-0.2, 0) is 19.2 Å². The molecule has 65 heavy (non-hydrogen) atoms. The fourth-order valence-corrected chi connectivity index (χ4v) is 15.2. The Morgan fingerprint density at radius 3 is 1.72 bits per heavy atom. The first-order valence-electron chi connectivity index (χ1n) is 22.7. The van der Waals surface area contributed by atoms with Crippen molar-refractivity contribution in [1.29, 1.82) is 0 Å². The van der Waals surface area contributed by atoms with Crippen LogP contribution in [0.2, 0.25) is 0 Å². The van der Waals surface area contributed by atoms with Gasteiger partial charge in [0.25, 0.3) is 5.91 Å². The quantitative estimate of drug-likeness (QED) is 0.0255. The van der Waals surface area contributed by atoms with Crippen molar-refractivity contribution in [1.82, 2.24) is 4.90 Å². The highest BCUT2D eigenvalue weighted by molar-refractivity contribution is 7.95. The molecule has 0 heterocycles. The molecule has 1 saturated carbocycles. The number of phenolic OH excluding ortho intramolecular Hbond substituents is 1. The molecule has 1 fully saturated rings. The molecule has 2 amide bonds. The Balaban J connectivity index is 0.935. The summed E-state index contributed by atoms with van der Waals surface area (Å²) >= 11 is 0. The highest BCUT2D eigenvalue weighted by Crippen LogP contribution is 2.58. The van der Waals surface area contributed by atoms with E-state index in [-0.39, 0.29) is 29.1 Å². The summed E-state index contributed by atoms with van der Waals surface area (Å²) in [5, 5.41) is 64.9. The number of carbonyl (C=O) groups is 4. The van der Waals surface area contributed by atoms with Gasteiger partial charge in [-0.15, -0.1) is 0 Å². The number of aliphatic hydroxyl groups excluding tert-OH is 3. The third kappa shape index (κ3) is 8.65. The number of carbonyl (C=O) groups excluding carboxylic acids is 4. The number of primary amides is 1. The van der Waals surface area contributed by atoms with Gasteiger partial charge in [-0.25, -0.2) is 0 Å². The highest BCUT2D eigenvalue weighted by atomic mass is 31.2. The fraction of sp³-hybridized carbons (Fsp3) is 0.385. The van der Waals surface area contributed by atoms with Gasteiger partial charge >= 0.3 is 0 Å². The molecule has 0 aliphatic heterocycles. The van der Waals surface area contributed by atoms with E-state index >= 15 is 0 Å². The van der Waals surface area contributed by atoms with E-state index in [2.05, 4.69) is 96.3 Å². The number of likely N-dealkylation sites (N-methyl/N-ethyl adjacent to an activating group) is 1. The molecule has 0 unspecified atom stereocenters. The third-order valence-corrected chi connectivity index (χ3v) is 18.4. The van der Waals surface area contributed by atoms with Gasteiger partial charge in [0, 0.05) is 23.6 Å². The maximum atomic E-state index is 14.3. The van der Waals surface area contributed by atoms with Crippen LogP contribution >= 0.6 is 7.26 Å². The molecule has 0 bridgehead atoms. The number of anilines is 1. The van der Waals surface area contributed by atoms with E-state index in [1.54, 1.807) is 6.92 Å². The third-order valence-electron chi connectivity index (χ3n) is 13.9. The summed E-state index contributed by atoms with van der Waals surface area (Å²) in [7, 11) is 1.08. The Labute approximate surface area is 381 Å². The van der Waals surface area contributed by atoms with E-state index in [1.165, 1.54) is 53.5 Å². The molecule has 0 saturated heterocycles. The second-order valence-electron chi connectivity index (χ2n) is 18.0. The molecule has 3 aliphatic rings. The van der Waals surface area contributed by atoms with Crippen LogP contribution in [0.4, 0.5) is 5.69 Å². The first kappa shape index (κ1) is 47.3. The number of aliphatic hydroxyl groups is 4. The molecule has 8 N–H and O–H groups in total. The zero-order valence-electron chi connectivity index (χ0n) is 37.3. The summed E-state index contributed by atoms with van der Waals surface area (Å²) in [6.07, 6.45) is 8.95. The number of amides is 2. The largest absolute Gasteiger partial charge is 0.508 e. The molecule has 0 radical (unpaired) electrons. The summed E-state index contributed by atoms with van der Waals surface area (Å²) < 4.78 is 0. The van der Waals surface area contributed by atoms with Crippen molar-refractivity contribution in [2.24, 2.45) is 17.6 Å². The number of hydrogen-bond donors (Lipinski definition) is 7. The van der Waals surface area contributed by atoms with Crippen LogP contribution in [0.25, 0.3) is 5.76 Å². The standard InChI is InChI=1S/C52H60N3O9P/c1-32-39-36(29-30-37(56)41(39)46(58)42-40(32)47(59)44-45(55(2)3)48(60)43(51(53)63)50(62)52(44,64)49(42)61)54-38(57)28-20-9-7-5-4-6-8-10-21-31-65(33-22-14-11-15-23-33,34-24-16-12-17-25-34)35-26-18-13-19-27-35/h11-19,22-27,29-30,32,40,44-45,47,59,64H,4-10,20-21,28,31H2,1-3H3,(H5-,53,54,56,57,58,60,61,62,63)/p+1/t32-,40+,44+,45-,47-,52-/m0/s1. The van der Waals surface area contributed by atoms with Crippen LogP contribution in [0.15, 0.2) is 120 Å². The molecule has 7 rings (SSSR count). The van der Waals surface area contributed by atoms with Gasteiger partial charge in [0.15, 0.2) is 11.4 Å². The second kappa shape index (κ2) is 19.8. The minimum absolute atomic E-state index is 0.177. The molecule has 0 spiro atoms. The van der Waals surface area contributed by atoms with Gasteiger partial charge in [-0.1, -0.05) is 100 Å². The SMILES string of the molecule is C[C@H]1c2c(NC(=O)CCCCCCCCCCC[P+](c3ccccc3)(c3ccccc3)c3ccccc3)ccc(O)c2C(O)=C2C(=O)[C@]3(O)C(O)=C(C(N)=O)C(=O)[C@@H](N(C)C)[C@@H]3[C@@H](O)[C@@H]21. The van der Waals surface area contributed by atoms with Crippen LogP contribution < -0.4 is 27.0 Å². The zero-order valence-corrected chi connectivity index (χ0v) is 38.2. The first-order valence-corrected chi connectivity index (χ1v) is 24.7. The minimum Gasteiger partial charge on any atom is -0.508 e. The van der Waals surface area contributed by atoms with Gasteiger partial charge in [0.05, 0.1) is 29.8 Å². The lowest BCUT2D eigenvalue weighted by atomic mass is 9.54. The molecule has 4 aromatic rings. The molecule has 13 heteroatoms. The number of fused-ring (bicyclic) bond motifs is 3. The molecule has 4 aromatic carbocycles. The average molecular weight is 903 g/mol. The van der Waals surface area contributed by atoms with Crippen molar-refractivity contribution in [3.63, 3.8) is 0 Å². The summed E-state index contributed by atoms with van der Waals surface area (Å²) in [6, 6.07) is 34.3. The fourth-order valence-electron chi connectivity index (χ4n) is 10.8. The van der Waals surface area contributed by atoms with Gasteiger partial charge in [-0.05, 0) is 93.4 Å². The lowest BCUT2D eigenvalue weighted by Crippen LogP contribution is -2.70. The van der Waals surface area contributed by atoms with E-state index < -0.39 is 88.7 Å². The number of nitrogens with one attached hydrogen (secondary N) is 1. The number of aromatic hydroxyl groups is 1. The number of ketones is 2. The molecule has 3 aliphatic carbocycles. The predicted octanol–water partition coefficient (Wildman–Crippen LogP) is 6.33. The normalized spacial score (nSPS) is 23.0. The Morgan fingerprint density at radius 2 is 1.23 bits per heavy atom. The van der Waals surface area contributed by atoms with E-state index in [0.29, 0.717) is 6.42 Å². The molecule has 342 valence electrons. The van der Waals surface area contributed by atoms with E-state index in [0.717, 1.165) is 51.1 Å². The number of rotatable bonds is 18. The number of phenols is 1. The number of Topliss-reactive ketones (excluding diaryl/α,β-unsaturated/α-hetero) is 2. The summed E-state index contributed by atoms with van der Waals surface area (Å²) in [6.45, 7) is 1.64. The summed E-state index contributed by atoms with van der Waals surface area (Å²) in [5.74, 6) is -10.1. The van der Waals surface area contributed by atoms with Crippen molar-refractivity contribution >= 4 is 58.0 Å². The van der Waals surface area contributed by atoms with Crippen LogP contribution in [-0.4, -0.2) is 91.8 Å². The molecular weight excluding hydrogens is 842 g/mol. The van der Waals surface area contributed by atoms with Crippen molar-refractivity contribution in [2.75, 3.05) is 25.6 Å². The smallest absolute Gasteiger partial charge is 0.255 e. The minimum atomic E-state index is -3.01. The van der Waals surface area contributed by atoms with Crippen molar-refractivity contribution in [3.05, 3.63) is 131 Å². The lowest BCUT2D eigenvalue weighted by molar-refractivity contribution is -0.169. The zero-order chi connectivity index (χ0) is 46.6.